The van der Waals surface area contributed by atoms with E-state index in [0.717, 1.165) is 3.57 Å². The summed E-state index contributed by atoms with van der Waals surface area (Å²) in [5, 5.41) is 4.65. The quantitative estimate of drug-likeness (QED) is 0.523. The zero-order valence-corrected chi connectivity index (χ0v) is 13.2. The van der Waals surface area contributed by atoms with E-state index in [-0.39, 0.29) is 17.6 Å². The van der Waals surface area contributed by atoms with Crippen LogP contribution in [0.5, 0.6) is 0 Å². The topological polar surface area (TPSA) is 82.0 Å². The van der Waals surface area contributed by atoms with Gasteiger partial charge in [-0.3, -0.25) is 0 Å². The van der Waals surface area contributed by atoms with Gasteiger partial charge in [-0.05, 0) is 47.0 Å². The van der Waals surface area contributed by atoms with Gasteiger partial charge in [0.2, 0.25) is 5.95 Å². The number of nitrogens with two attached hydrogens (primary N) is 1. The van der Waals surface area contributed by atoms with E-state index in [2.05, 4.69) is 20.1 Å². The molecule has 0 radical (unpaired) electrons. The van der Waals surface area contributed by atoms with E-state index in [0.29, 0.717) is 16.5 Å². The number of halogens is 2. The lowest BCUT2D eigenvalue weighted by Crippen LogP contribution is -2.04. The van der Waals surface area contributed by atoms with Crippen LogP contribution in [-0.4, -0.2) is 30.8 Å². The first-order valence-electron chi connectivity index (χ1n) is 5.48. The predicted octanol–water partition coefficient (Wildman–Crippen LogP) is 2.23. The Morgan fingerprint density at radius 2 is 2.10 bits per heavy atom. The van der Waals surface area contributed by atoms with Crippen molar-refractivity contribution in [2.24, 2.45) is 0 Å². The first kappa shape index (κ1) is 13.5. The number of aromatic nitrogens is 5. The molecule has 0 fully saturated rings. The Bertz CT molecular complexity index is 805. The van der Waals surface area contributed by atoms with Crippen LogP contribution in [0.2, 0.25) is 0 Å². The molecule has 0 atom stereocenters. The average Bonchev–Trinajstić information content (AvgIpc) is 2.82. The number of benzene rings is 1. The second-order valence-electron chi connectivity index (χ2n) is 3.84. The van der Waals surface area contributed by atoms with E-state index in [4.69, 9.17) is 5.73 Å². The summed E-state index contributed by atoms with van der Waals surface area (Å²) in [6.07, 6.45) is 1.83. The summed E-state index contributed by atoms with van der Waals surface area (Å²) in [5.41, 5.74) is 6.09. The van der Waals surface area contributed by atoms with Crippen molar-refractivity contribution in [2.45, 2.75) is 5.16 Å². The Kier molecular flexibility index (Phi) is 3.46. The number of nitrogen functional groups attached to an aromatic ring is 1. The molecule has 3 rings (SSSR count). The zero-order chi connectivity index (χ0) is 14.3. The summed E-state index contributed by atoms with van der Waals surface area (Å²) in [4.78, 5) is 12.5. The van der Waals surface area contributed by atoms with Crippen LogP contribution >= 0.6 is 34.4 Å². The predicted molar refractivity (Wildman–Crippen MR) is 82.9 cm³/mol. The minimum atomic E-state index is -0.385. The maximum Gasteiger partial charge on any atom is 0.258 e. The van der Waals surface area contributed by atoms with Crippen molar-refractivity contribution >= 4 is 46.1 Å². The van der Waals surface area contributed by atoms with Gasteiger partial charge in [-0.1, -0.05) is 11.8 Å². The molecule has 102 valence electrons. The van der Waals surface area contributed by atoms with Crippen molar-refractivity contribution in [3.05, 3.63) is 27.6 Å². The standard InChI is InChI=1S/C11H8FIN6S/c1-20-11-16-9(14)19-10(17-11)15-8(18-19)6-3-2-5(13)4-7(6)12/h2-4H,1H3,(H2,14,15,16,17,18). The van der Waals surface area contributed by atoms with Gasteiger partial charge in [0.25, 0.3) is 5.78 Å². The van der Waals surface area contributed by atoms with Crippen LogP contribution in [-0.2, 0) is 0 Å². The molecular formula is C11H8FIN6S. The van der Waals surface area contributed by atoms with E-state index in [1.807, 2.05) is 28.8 Å². The number of hydrogen-bond acceptors (Lipinski definition) is 6. The highest BCUT2D eigenvalue weighted by Crippen LogP contribution is 2.22. The summed E-state index contributed by atoms with van der Waals surface area (Å²) in [5.74, 6) is 0.321. The lowest BCUT2D eigenvalue weighted by Gasteiger charge is -1.98. The molecule has 3 aromatic rings. The Morgan fingerprint density at radius 3 is 2.80 bits per heavy atom. The second kappa shape index (κ2) is 5.13. The number of nitrogens with zero attached hydrogens (tertiary/aromatic N) is 5. The van der Waals surface area contributed by atoms with Gasteiger partial charge in [0.1, 0.15) is 5.82 Å². The molecule has 0 aliphatic rings. The largest absolute Gasteiger partial charge is 0.368 e. The molecule has 1 aromatic carbocycles. The fourth-order valence-corrected chi connectivity index (χ4v) is 2.47. The number of fused-ring (bicyclic) bond motifs is 1. The Balaban J connectivity index is 2.20. The molecule has 0 aliphatic heterocycles. The molecule has 0 bridgehead atoms. The van der Waals surface area contributed by atoms with Gasteiger partial charge in [0, 0.05) is 3.57 Å². The van der Waals surface area contributed by atoms with Crippen molar-refractivity contribution in [1.29, 1.82) is 0 Å². The van der Waals surface area contributed by atoms with Gasteiger partial charge in [-0.25, -0.2) is 4.39 Å². The molecule has 6 nitrogen and oxygen atoms in total. The van der Waals surface area contributed by atoms with Crippen LogP contribution in [0, 0.1) is 9.39 Å². The monoisotopic (exact) mass is 402 g/mol. The minimum Gasteiger partial charge on any atom is -0.368 e. The highest BCUT2D eigenvalue weighted by atomic mass is 127. The maximum absolute atomic E-state index is 13.9. The van der Waals surface area contributed by atoms with Crippen molar-refractivity contribution in [2.75, 3.05) is 12.0 Å². The van der Waals surface area contributed by atoms with Gasteiger partial charge in [-0.2, -0.15) is 19.5 Å². The molecule has 9 heteroatoms. The SMILES string of the molecule is CSc1nc(N)n2nc(-c3ccc(I)cc3F)nc2n1. The van der Waals surface area contributed by atoms with Crippen LogP contribution in [0.15, 0.2) is 23.4 Å². The van der Waals surface area contributed by atoms with E-state index >= 15 is 0 Å². The summed E-state index contributed by atoms with van der Waals surface area (Å²) < 4.78 is 16.0. The number of rotatable bonds is 2. The molecule has 0 saturated carbocycles. The summed E-state index contributed by atoms with van der Waals surface area (Å²) >= 11 is 3.39. The Hall–Kier alpha value is -1.49. The lowest BCUT2D eigenvalue weighted by atomic mass is 10.2. The van der Waals surface area contributed by atoms with Gasteiger partial charge >= 0.3 is 0 Å². The third kappa shape index (κ3) is 2.30. The van der Waals surface area contributed by atoms with Crippen molar-refractivity contribution in [3.8, 4) is 11.4 Å². The van der Waals surface area contributed by atoms with E-state index < -0.39 is 0 Å². The molecule has 2 aromatic heterocycles. The lowest BCUT2D eigenvalue weighted by molar-refractivity contribution is 0.629. The second-order valence-corrected chi connectivity index (χ2v) is 5.86. The highest BCUT2D eigenvalue weighted by Gasteiger charge is 2.14. The van der Waals surface area contributed by atoms with Gasteiger partial charge in [0.05, 0.1) is 5.56 Å². The molecule has 0 aliphatic carbocycles. The third-order valence-electron chi connectivity index (χ3n) is 2.57. The minimum absolute atomic E-state index is 0.170. The fraction of sp³-hybridized carbons (Fsp3) is 0.0909. The number of thioether (sulfide) groups is 1. The molecule has 2 heterocycles. The van der Waals surface area contributed by atoms with E-state index in [9.17, 15) is 4.39 Å². The Morgan fingerprint density at radius 1 is 1.30 bits per heavy atom. The molecule has 0 spiro atoms. The van der Waals surface area contributed by atoms with Crippen molar-refractivity contribution in [3.63, 3.8) is 0 Å². The van der Waals surface area contributed by atoms with Gasteiger partial charge < -0.3 is 5.73 Å². The first-order chi connectivity index (χ1) is 9.58. The van der Waals surface area contributed by atoms with Crippen LogP contribution in [0.1, 0.15) is 0 Å². The van der Waals surface area contributed by atoms with Crippen LogP contribution < -0.4 is 5.73 Å². The molecule has 0 unspecified atom stereocenters. The summed E-state index contributed by atoms with van der Waals surface area (Å²) in [6, 6.07) is 4.84. The summed E-state index contributed by atoms with van der Waals surface area (Å²) in [6.45, 7) is 0. The molecule has 0 amide bonds. The normalized spacial score (nSPS) is 11.2. The van der Waals surface area contributed by atoms with Gasteiger partial charge in [-0.15, -0.1) is 5.10 Å². The third-order valence-corrected chi connectivity index (χ3v) is 3.79. The fourth-order valence-electron chi connectivity index (χ4n) is 1.66. The Labute approximate surface area is 131 Å². The molecular weight excluding hydrogens is 394 g/mol. The average molecular weight is 402 g/mol. The zero-order valence-electron chi connectivity index (χ0n) is 10.2. The first-order valence-corrected chi connectivity index (χ1v) is 7.78. The number of hydrogen-bond donors (Lipinski definition) is 1. The highest BCUT2D eigenvalue weighted by molar-refractivity contribution is 14.1. The van der Waals surface area contributed by atoms with Crippen LogP contribution in [0.3, 0.4) is 0 Å². The van der Waals surface area contributed by atoms with Gasteiger partial charge in [0.15, 0.2) is 11.0 Å². The maximum atomic E-state index is 13.9. The number of anilines is 1. The van der Waals surface area contributed by atoms with Crippen molar-refractivity contribution in [1.82, 2.24) is 24.6 Å². The molecule has 2 N–H and O–H groups in total. The molecule has 0 saturated heterocycles. The van der Waals surface area contributed by atoms with E-state index in [1.165, 1.54) is 22.3 Å². The van der Waals surface area contributed by atoms with E-state index in [1.54, 1.807) is 12.1 Å². The summed E-state index contributed by atoms with van der Waals surface area (Å²) in [7, 11) is 0. The molecule has 20 heavy (non-hydrogen) atoms. The van der Waals surface area contributed by atoms with Crippen molar-refractivity contribution < 1.29 is 4.39 Å². The van der Waals surface area contributed by atoms with Crippen LogP contribution in [0.4, 0.5) is 10.3 Å². The van der Waals surface area contributed by atoms with Crippen LogP contribution in [0.25, 0.3) is 17.2 Å². The smallest absolute Gasteiger partial charge is 0.258 e.